The predicted octanol–water partition coefficient (Wildman–Crippen LogP) is 3.96. The number of carbonyl (C=O) groups is 1. The molecule has 4 rings (SSSR count). The normalized spacial score (nSPS) is 28.7. The van der Waals surface area contributed by atoms with E-state index in [1.54, 1.807) is 31.2 Å². The molecule has 2 aliphatic rings. The molecule has 0 spiro atoms. The summed E-state index contributed by atoms with van der Waals surface area (Å²) in [6.07, 6.45) is -1.19. The van der Waals surface area contributed by atoms with E-state index in [0.29, 0.717) is 30.4 Å². The summed E-state index contributed by atoms with van der Waals surface area (Å²) in [5.74, 6) is -1.32. The molecule has 29 heavy (non-hydrogen) atoms. The maximum atomic E-state index is 13.5. The number of hydrogen-bond donors (Lipinski definition) is 1. The van der Waals surface area contributed by atoms with Gasteiger partial charge in [-0.25, -0.2) is 8.78 Å². The van der Waals surface area contributed by atoms with Crippen molar-refractivity contribution in [3.05, 3.63) is 71.3 Å². The predicted molar refractivity (Wildman–Crippen MR) is 102 cm³/mol. The van der Waals surface area contributed by atoms with Crippen molar-refractivity contribution < 1.29 is 28.2 Å². The maximum absolute atomic E-state index is 13.5. The second-order valence-corrected chi connectivity index (χ2v) is 7.76. The van der Waals surface area contributed by atoms with Crippen LogP contribution in [0.3, 0.4) is 0 Å². The molecule has 154 valence electrons. The van der Waals surface area contributed by atoms with Crippen LogP contribution in [0, 0.1) is 17.6 Å². The van der Waals surface area contributed by atoms with Crippen molar-refractivity contribution in [2.75, 3.05) is 0 Å². The number of fused-ring (bicyclic) bond motifs is 2. The van der Waals surface area contributed by atoms with E-state index in [1.807, 2.05) is 0 Å². The molecule has 2 aromatic rings. The summed E-state index contributed by atoms with van der Waals surface area (Å²) < 4.78 is 39.2. The molecule has 2 bridgehead atoms. The minimum Gasteiger partial charge on any atom is -0.390 e. The lowest BCUT2D eigenvalue weighted by atomic mass is 9.86. The van der Waals surface area contributed by atoms with E-state index >= 15 is 0 Å². The van der Waals surface area contributed by atoms with Gasteiger partial charge in [-0.3, -0.25) is 4.79 Å². The summed E-state index contributed by atoms with van der Waals surface area (Å²) in [5, 5.41) is 10.3. The smallest absolute Gasteiger partial charge is 0.141 e. The summed E-state index contributed by atoms with van der Waals surface area (Å²) in [6.45, 7) is 1.78. The molecule has 4 nitrogen and oxygen atoms in total. The van der Waals surface area contributed by atoms with Crippen molar-refractivity contribution in [1.29, 1.82) is 0 Å². The molecule has 6 heteroatoms. The molecule has 0 aliphatic carbocycles. The summed E-state index contributed by atoms with van der Waals surface area (Å²) in [7, 11) is 0. The molecular formula is C23H24F2O4. The zero-order valence-electron chi connectivity index (χ0n) is 16.1. The van der Waals surface area contributed by atoms with Gasteiger partial charge < -0.3 is 14.6 Å². The van der Waals surface area contributed by atoms with Crippen molar-refractivity contribution >= 4 is 5.78 Å². The molecule has 2 aliphatic heterocycles. The van der Waals surface area contributed by atoms with E-state index < -0.39 is 30.3 Å². The number of rotatable bonds is 6. The lowest BCUT2D eigenvalue weighted by Gasteiger charge is -2.38. The van der Waals surface area contributed by atoms with E-state index in [-0.39, 0.29) is 23.5 Å². The van der Waals surface area contributed by atoms with Crippen LogP contribution in [0.2, 0.25) is 0 Å². The van der Waals surface area contributed by atoms with E-state index in [0.717, 1.165) is 0 Å². The highest BCUT2D eigenvalue weighted by atomic mass is 19.1. The number of ether oxygens (including phenoxy) is 2. The van der Waals surface area contributed by atoms with Crippen LogP contribution in [0.15, 0.2) is 48.5 Å². The monoisotopic (exact) mass is 402 g/mol. The average Bonchev–Trinajstić information content (AvgIpc) is 3.01. The van der Waals surface area contributed by atoms with Gasteiger partial charge in [0.1, 0.15) is 23.5 Å². The summed E-state index contributed by atoms with van der Waals surface area (Å²) in [6, 6.07) is 11.9. The highest BCUT2D eigenvalue weighted by Gasteiger charge is 2.51. The molecule has 0 saturated carbocycles. The lowest BCUT2D eigenvalue weighted by molar-refractivity contribution is -0.164. The van der Waals surface area contributed by atoms with Gasteiger partial charge in [0.2, 0.25) is 0 Å². The average molecular weight is 402 g/mol. The van der Waals surface area contributed by atoms with Gasteiger partial charge >= 0.3 is 0 Å². The largest absolute Gasteiger partial charge is 0.390 e. The summed E-state index contributed by atoms with van der Waals surface area (Å²) in [5.41, 5.74) is 1.42. The fraction of sp³-hybridized carbons (Fsp3) is 0.435. The Labute approximate surface area is 168 Å². The van der Waals surface area contributed by atoms with Gasteiger partial charge in [0.15, 0.2) is 0 Å². The van der Waals surface area contributed by atoms with Gasteiger partial charge in [-0.1, -0.05) is 31.2 Å². The zero-order valence-corrected chi connectivity index (χ0v) is 16.1. The number of benzene rings is 2. The van der Waals surface area contributed by atoms with E-state index in [2.05, 4.69) is 0 Å². The summed E-state index contributed by atoms with van der Waals surface area (Å²) in [4.78, 5) is 12.7. The zero-order chi connectivity index (χ0) is 20.5. The lowest BCUT2D eigenvalue weighted by Crippen LogP contribution is -2.47. The number of ketones is 1. The third kappa shape index (κ3) is 4.10. The van der Waals surface area contributed by atoms with Crippen LogP contribution in [-0.4, -0.2) is 35.3 Å². The van der Waals surface area contributed by atoms with Gasteiger partial charge in [-0.05, 0) is 35.4 Å². The molecule has 1 N–H and O–H groups in total. The van der Waals surface area contributed by atoms with Crippen LogP contribution >= 0.6 is 0 Å². The number of carbonyl (C=O) groups excluding carboxylic acids is 1. The van der Waals surface area contributed by atoms with Crippen LogP contribution in [0.1, 0.15) is 43.4 Å². The Morgan fingerprint density at radius 2 is 1.62 bits per heavy atom. The Kier molecular flexibility index (Phi) is 5.76. The minimum absolute atomic E-state index is 0.0173. The van der Waals surface area contributed by atoms with Crippen LogP contribution in [0.5, 0.6) is 0 Å². The fourth-order valence-corrected chi connectivity index (χ4v) is 4.43. The van der Waals surface area contributed by atoms with Crippen molar-refractivity contribution in [3.63, 3.8) is 0 Å². The standard InChI is InChI=1S/C23H24F2O4/c1-2-18(26)21-20(12-17-11-19(27)23(21)28-17)29-22(13-3-7-15(24)8-4-13)14-5-9-16(25)10-6-14/h3-10,17,19-23,27H,2,11-12H2,1H3. The first-order valence-corrected chi connectivity index (χ1v) is 9.99. The SMILES string of the molecule is CCC(=O)C1C(OC(c2ccc(F)cc2)c2ccc(F)cc2)CC2CC(O)C1O2. The highest BCUT2D eigenvalue weighted by Crippen LogP contribution is 2.42. The van der Waals surface area contributed by atoms with Gasteiger partial charge in [0.25, 0.3) is 0 Å². The van der Waals surface area contributed by atoms with Crippen LogP contribution < -0.4 is 0 Å². The quantitative estimate of drug-likeness (QED) is 0.795. The molecule has 2 aromatic carbocycles. The molecule has 0 aromatic heterocycles. The van der Waals surface area contributed by atoms with Gasteiger partial charge in [0, 0.05) is 19.3 Å². The molecule has 0 amide bonds. The number of halogens is 2. The Morgan fingerprint density at radius 1 is 1.07 bits per heavy atom. The third-order valence-electron chi connectivity index (χ3n) is 5.86. The number of aliphatic hydroxyl groups excluding tert-OH is 1. The van der Waals surface area contributed by atoms with Gasteiger partial charge in [-0.15, -0.1) is 0 Å². The second kappa shape index (κ2) is 8.30. The highest BCUT2D eigenvalue weighted by molar-refractivity contribution is 5.82. The van der Waals surface area contributed by atoms with Crippen LogP contribution in [0.4, 0.5) is 8.78 Å². The summed E-state index contributed by atoms with van der Waals surface area (Å²) >= 11 is 0. The van der Waals surface area contributed by atoms with Crippen molar-refractivity contribution in [3.8, 4) is 0 Å². The van der Waals surface area contributed by atoms with E-state index in [1.165, 1.54) is 24.3 Å². The van der Waals surface area contributed by atoms with Gasteiger partial charge in [0.05, 0.1) is 30.3 Å². The minimum atomic E-state index is -0.691. The third-order valence-corrected chi connectivity index (χ3v) is 5.86. The Hall–Kier alpha value is -2.15. The molecule has 2 saturated heterocycles. The van der Waals surface area contributed by atoms with E-state index in [4.69, 9.17) is 9.47 Å². The fourth-order valence-electron chi connectivity index (χ4n) is 4.43. The molecular weight excluding hydrogens is 378 g/mol. The Bertz CT molecular complexity index is 807. The van der Waals surface area contributed by atoms with Gasteiger partial charge in [-0.2, -0.15) is 0 Å². The topological polar surface area (TPSA) is 55.8 Å². The first-order chi connectivity index (χ1) is 14.0. The van der Waals surface area contributed by atoms with E-state index in [9.17, 15) is 18.7 Å². The van der Waals surface area contributed by atoms with Crippen LogP contribution in [0.25, 0.3) is 0 Å². The molecule has 5 unspecified atom stereocenters. The second-order valence-electron chi connectivity index (χ2n) is 7.76. The maximum Gasteiger partial charge on any atom is 0.141 e. The molecule has 0 radical (unpaired) electrons. The first kappa shape index (κ1) is 20.1. The molecule has 2 heterocycles. The van der Waals surface area contributed by atoms with Crippen molar-refractivity contribution in [2.45, 2.75) is 56.7 Å². The number of hydrogen-bond acceptors (Lipinski definition) is 4. The number of aliphatic hydroxyl groups is 1. The first-order valence-electron chi connectivity index (χ1n) is 9.99. The number of Topliss-reactive ketones (excluding diaryl/α,β-unsaturated/α-hetero) is 1. The molecule has 5 atom stereocenters. The van der Waals surface area contributed by atoms with Crippen molar-refractivity contribution in [1.82, 2.24) is 0 Å². The Morgan fingerprint density at radius 3 is 2.14 bits per heavy atom. The molecule has 2 fully saturated rings. The van der Waals surface area contributed by atoms with Crippen LogP contribution in [-0.2, 0) is 14.3 Å². The van der Waals surface area contributed by atoms with Crippen molar-refractivity contribution in [2.24, 2.45) is 5.92 Å². The Balaban J connectivity index is 1.68.